The maximum Gasteiger partial charge on any atom is 0.345 e. The summed E-state index contributed by atoms with van der Waals surface area (Å²) in [4.78, 5) is 11.3. The van der Waals surface area contributed by atoms with Gasteiger partial charge in [-0.3, -0.25) is 4.57 Å². The Hall–Kier alpha value is -1.10. The van der Waals surface area contributed by atoms with Crippen molar-refractivity contribution in [3.05, 3.63) is 16.3 Å². The Morgan fingerprint density at radius 1 is 1.36 bits per heavy atom. The van der Waals surface area contributed by atoms with E-state index in [1.54, 1.807) is 18.7 Å². The molecule has 0 spiro atoms. The Kier molecular flexibility index (Phi) is 3.88. The molecule has 0 atom stereocenters. The van der Waals surface area contributed by atoms with E-state index in [4.69, 9.17) is 4.74 Å². The van der Waals surface area contributed by atoms with Gasteiger partial charge in [0.15, 0.2) is 0 Å². The first-order valence-electron chi connectivity index (χ1n) is 4.83. The van der Waals surface area contributed by atoms with Gasteiger partial charge in [-0.1, -0.05) is 6.92 Å². The van der Waals surface area contributed by atoms with Gasteiger partial charge >= 0.3 is 5.69 Å². The molecule has 1 aromatic heterocycles. The lowest BCUT2D eigenvalue weighted by Gasteiger charge is -2.00. The average Bonchev–Trinajstić information content (AvgIpc) is 2.41. The lowest BCUT2D eigenvalue weighted by molar-refractivity contribution is 0.136. The van der Waals surface area contributed by atoms with Crippen LogP contribution in [-0.2, 0) is 25.3 Å². The van der Waals surface area contributed by atoms with Crippen LogP contribution in [0.15, 0.2) is 4.79 Å². The van der Waals surface area contributed by atoms with Gasteiger partial charge in [0, 0.05) is 27.1 Å². The third kappa shape index (κ3) is 2.45. The molecule has 0 saturated heterocycles. The van der Waals surface area contributed by atoms with Crippen LogP contribution in [0.4, 0.5) is 0 Å². The van der Waals surface area contributed by atoms with Crippen LogP contribution >= 0.6 is 0 Å². The fraction of sp³-hybridized carbons (Fsp3) is 0.778. The summed E-state index contributed by atoms with van der Waals surface area (Å²) < 4.78 is 8.22. The van der Waals surface area contributed by atoms with Crippen LogP contribution in [0.5, 0.6) is 0 Å². The molecular formula is C9H17N3O2. The highest BCUT2D eigenvalue weighted by molar-refractivity contribution is 4.86. The maximum absolute atomic E-state index is 11.3. The van der Waals surface area contributed by atoms with E-state index in [1.807, 2.05) is 0 Å². The highest BCUT2D eigenvalue weighted by Gasteiger charge is 2.06. The minimum Gasteiger partial charge on any atom is -0.381 e. The third-order valence-electron chi connectivity index (χ3n) is 2.03. The maximum atomic E-state index is 11.3. The van der Waals surface area contributed by atoms with E-state index >= 15 is 0 Å². The van der Waals surface area contributed by atoms with E-state index < -0.39 is 0 Å². The van der Waals surface area contributed by atoms with Crippen LogP contribution in [-0.4, -0.2) is 27.6 Å². The summed E-state index contributed by atoms with van der Waals surface area (Å²) in [6.45, 7) is 3.45. The Morgan fingerprint density at radius 3 is 2.57 bits per heavy atom. The first kappa shape index (κ1) is 11.0. The van der Waals surface area contributed by atoms with Gasteiger partial charge in [-0.05, 0) is 6.42 Å². The third-order valence-corrected chi connectivity index (χ3v) is 2.03. The van der Waals surface area contributed by atoms with E-state index in [2.05, 4.69) is 12.0 Å². The van der Waals surface area contributed by atoms with Crippen molar-refractivity contribution < 1.29 is 4.74 Å². The molecule has 5 nitrogen and oxygen atoms in total. The predicted molar refractivity (Wildman–Crippen MR) is 53.3 cm³/mol. The zero-order valence-corrected chi connectivity index (χ0v) is 8.99. The number of nitrogens with zero attached hydrogens (tertiary/aromatic N) is 3. The smallest absolute Gasteiger partial charge is 0.345 e. The predicted octanol–water partition coefficient (Wildman–Crippen LogP) is 0.0879. The number of ether oxygens (including phenoxy) is 1. The van der Waals surface area contributed by atoms with Crippen molar-refractivity contribution in [1.29, 1.82) is 0 Å². The van der Waals surface area contributed by atoms with E-state index in [0.29, 0.717) is 13.0 Å². The van der Waals surface area contributed by atoms with Crippen LogP contribution in [0, 0.1) is 0 Å². The molecule has 0 unspecified atom stereocenters. The minimum atomic E-state index is -0.0875. The molecule has 0 radical (unpaired) electrons. The van der Waals surface area contributed by atoms with Crippen LogP contribution in [0.3, 0.4) is 0 Å². The molecule has 14 heavy (non-hydrogen) atoms. The quantitative estimate of drug-likeness (QED) is 0.631. The molecule has 5 heteroatoms. The van der Waals surface area contributed by atoms with Gasteiger partial charge < -0.3 is 4.74 Å². The molecule has 0 fully saturated rings. The second kappa shape index (κ2) is 4.95. The Morgan fingerprint density at radius 2 is 2.07 bits per heavy atom. The number of aryl methyl sites for hydroxylation is 1. The molecule has 0 aliphatic carbocycles. The average molecular weight is 199 g/mol. The van der Waals surface area contributed by atoms with Gasteiger partial charge in [-0.2, -0.15) is 5.10 Å². The van der Waals surface area contributed by atoms with Gasteiger partial charge in [0.2, 0.25) is 0 Å². The van der Waals surface area contributed by atoms with Crippen molar-refractivity contribution >= 4 is 0 Å². The molecule has 0 amide bonds. The summed E-state index contributed by atoms with van der Waals surface area (Å²) in [5, 5.41) is 4.09. The summed E-state index contributed by atoms with van der Waals surface area (Å²) in [5.41, 5.74) is -0.0875. The molecule has 0 aliphatic rings. The molecular weight excluding hydrogens is 182 g/mol. The Bertz CT molecular complexity index is 340. The minimum absolute atomic E-state index is 0.0875. The molecule has 0 bridgehead atoms. The number of rotatable bonds is 5. The van der Waals surface area contributed by atoms with Gasteiger partial charge in [-0.25, -0.2) is 9.48 Å². The van der Waals surface area contributed by atoms with Gasteiger partial charge in [0.1, 0.15) is 5.82 Å². The first-order valence-corrected chi connectivity index (χ1v) is 4.83. The fourth-order valence-electron chi connectivity index (χ4n) is 1.24. The Labute approximate surface area is 83.3 Å². The van der Waals surface area contributed by atoms with Gasteiger partial charge in [0.25, 0.3) is 0 Å². The Balaban J connectivity index is 2.51. The summed E-state index contributed by atoms with van der Waals surface area (Å²) in [7, 11) is 3.38. The summed E-state index contributed by atoms with van der Waals surface area (Å²) in [6.07, 6.45) is 1.70. The molecule has 1 rings (SSSR count). The van der Waals surface area contributed by atoms with Crippen molar-refractivity contribution in [2.24, 2.45) is 14.1 Å². The second-order valence-corrected chi connectivity index (χ2v) is 3.24. The van der Waals surface area contributed by atoms with Crippen molar-refractivity contribution in [2.75, 3.05) is 13.2 Å². The van der Waals surface area contributed by atoms with Crippen LogP contribution < -0.4 is 5.69 Å². The second-order valence-electron chi connectivity index (χ2n) is 3.24. The van der Waals surface area contributed by atoms with Crippen molar-refractivity contribution in [1.82, 2.24) is 14.3 Å². The van der Waals surface area contributed by atoms with E-state index in [1.165, 1.54) is 4.68 Å². The van der Waals surface area contributed by atoms with Crippen molar-refractivity contribution in [3.63, 3.8) is 0 Å². The SMILES string of the molecule is CCCOCCc1nn(C)c(=O)n1C. The zero-order chi connectivity index (χ0) is 10.6. The van der Waals surface area contributed by atoms with Crippen LogP contribution in [0.2, 0.25) is 0 Å². The zero-order valence-electron chi connectivity index (χ0n) is 8.99. The van der Waals surface area contributed by atoms with E-state index in [0.717, 1.165) is 18.9 Å². The molecule has 0 aliphatic heterocycles. The molecule has 80 valence electrons. The van der Waals surface area contributed by atoms with Crippen molar-refractivity contribution in [3.8, 4) is 0 Å². The largest absolute Gasteiger partial charge is 0.381 e. The van der Waals surface area contributed by atoms with E-state index in [-0.39, 0.29) is 5.69 Å². The lowest BCUT2D eigenvalue weighted by atomic mass is 10.4. The number of aromatic nitrogens is 3. The highest BCUT2D eigenvalue weighted by atomic mass is 16.5. The molecule has 0 saturated carbocycles. The van der Waals surface area contributed by atoms with Gasteiger partial charge in [-0.15, -0.1) is 0 Å². The standard InChI is InChI=1S/C9H17N3O2/c1-4-6-14-7-5-8-10-12(3)9(13)11(8)2/h4-7H2,1-3H3. The first-order chi connectivity index (χ1) is 6.66. The van der Waals surface area contributed by atoms with E-state index in [9.17, 15) is 4.79 Å². The van der Waals surface area contributed by atoms with Gasteiger partial charge in [0.05, 0.1) is 6.61 Å². The fourth-order valence-corrected chi connectivity index (χ4v) is 1.24. The summed E-state index contributed by atoms with van der Waals surface area (Å²) >= 11 is 0. The normalized spacial score (nSPS) is 10.8. The summed E-state index contributed by atoms with van der Waals surface area (Å²) in [6, 6.07) is 0. The molecule has 0 N–H and O–H groups in total. The molecule has 1 heterocycles. The molecule has 0 aromatic carbocycles. The van der Waals surface area contributed by atoms with Crippen LogP contribution in [0.1, 0.15) is 19.2 Å². The summed E-state index contributed by atoms with van der Waals surface area (Å²) in [5.74, 6) is 0.772. The highest BCUT2D eigenvalue weighted by Crippen LogP contribution is 1.92. The topological polar surface area (TPSA) is 49.1 Å². The molecule has 1 aromatic rings. The monoisotopic (exact) mass is 199 g/mol. The number of hydrogen-bond acceptors (Lipinski definition) is 3. The van der Waals surface area contributed by atoms with Crippen LogP contribution in [0.25, 0.3) is 0 Å². The lowest BCUT2D eigenvalue weighted by Crippen LogP contribution is -2.20. The van der Waals surface area contributed by atoms with Crippen molar-refractivity contribution in [2.45, 2.75) is 19.8 Å². The number of hydrogen-bond donors (Lipinski definition) is 0.